The summed E-state index contributed by atoms with van der Waals surface area (Å²) in [7, 11) is 2.18. The largest absolute Gasteiger partial charge is 0.369 e. The lowest BCUT2D eigenvalue weighted by Crippen LogP contribution is -2.44. The van der Waals surface area contributed by atoms with E-state index >= 15 is 0 Å². The number of nitrogens with zero attached hydrogens (tertiary/aromatic N) is 5. The Kier molecular flexibility index (Phi) is 4.04. The maximum Gasteiger partial charge on any atom is 0.180 e. The smallest absolute Gasteiger partial charge is 0.180 e. The average Bonchev–Trinajstić information content (AvgIpc) is 3.10. The van der Waals surface area contributed by atoms with Gasteiger partial charge in [-0.3, -0.25) is 0 Å². The van der Waals surface area contributed by atoms with Crippen LogP contribution in [0, 0.1) is 0 Å². The van der Waals surface area contributed by atoms with Crippen LogP contribution < -0.4 is 10.2 Å². The number of hydrogen-bond acceptors (Lipinski definition) is 5. The number of anilines is 2. The van der Waals surface area contributed by atoms with Gasteiger partial charge in [0.1, 0.15) is 0 Å². The third kappa shape index (κ3) is 3.05. The van der Waals surface area contributed by atoms with Gasteiger partial charge in [0.05, 0.1) is 0 Å². The summed E-state index contributed by atoms with van der Waals surface area (Å²) in [4.78, 5) is 13.5. The first kappa shape index (κ1) is 15.0. The zero-order valence-corrected chi connectivity index (χ0v) is 13.9. The summed E-state index contributed by atoms with van der Waals surface area (Å²) in [5.74, 6) is 0.811. The minimum atomic E-state index is 0.739. The molecule has 0 unspecified atom stereocenters. The zero-order chi connectivity index (χ0) is 16.4. The van der Waals surface area contributed by atoms with Crippen molar-refractivity contribution in [3.8, 4) is 0 Å². The van der Waals surface area contributed by atoms with Crippen molar-refractivity contribution in [2.75, 3.05) is 43.4 Å². The van der Waals surface area contributed by atoms with Gasteiger partial charge in [-0.1, -0.05) is 12.1 Å². The number of nitrogens with one attached hydrogen (secondary N) is 1. The molecule has 0 aliphatic carbocycles. The molecule has 0 bridgehead atoms. The van der Waals surface area contributed by atoms with Gasteiger partial charge in [-0.05, 0) is 24.7 Å². The summed E-state index contributed by atoms with van der Waals surface area (Å²) in [5.41, 5.74) is 3.40. The van der Waals surface area contributed by atoms with E-state index in [1.807, 2.05) is 16.8 Å². The maximum absolute atomic E-state index is 4.38. The van der Waals surface area contributed by atoms with Crippen LogP contribution in [0.15, 0.2) is 49.1 Å². The minimum Gasteiger partial charge on any atom is -0.369 e. The van der Waals surface area contributed by atoms with Crippen molar-refractivity contribution in [3.05, 3.63) is 54.6 Å². The number of aromatic nitrogens is 3. The van der Waals surface area contributed by atoms with Gasteiger partial charge in [0.15, 0.2) is 11.5 Å². The van der Waals surface area contributed by atoms with Gasteiger partial charge >= 0.3 is 0 Å². The summed E-state index contributed by atoms with van der Waals surface area (Å²) >= 11 is 0. The number of likely N-dealkylation sites (N-methyl/N-ethyl adjacent to an activating group) is 1. The molecule has 124 valence electrons. The molecule has 1 aromatic carbocycles. The van der Waals surface area contributed by atoms with Crippen LogP contribution in [0.2, 0.25) is 0 Å². The van der Waals surface area contributed by atoms with E-state index < -0.39 is 0 Å². The van der Waals surface area contributed by atoms with E-state index in [1.165, 1.54) is 11.3 Å². The van der Waals surface area contributed by atoms with Crippen molar-refractivity contribution in [1.29, 1.82) is 0 Å². The van der Waals surface area contributed by atoms with Crippen molar-refractivity contribution in [1.82, 2.24) is 19.3 Å². The molecule has 4 rings (SSSR count). The second kappa shape index (κ2) is 6.49. The molecule has 0 saturated carbocycles. The van der Waals surface area contributed by atoms with E-state index in [0.717, 1.165) is 44.2 Å². The van der Waals surface area contributed by atoms with E-state index in [-0.39, 0.29) is 0 Å². The first-order valence-electron chi connectivity index (χ1n) is 8.33. The lowest BCUT2D eigenvalue weighted by molar-refractivity contribution is 0.313. The Morgan fingerprint density at radius 1 is 0.958 bits per heavy atom. The molecule has 3 aromatic rings. The molecule has 6 nitrogen and oxygen atoms in total. The lowest BCUT2D eigenvalue weighted by Gasteiger charge is -2.34. The quantitative estimate of drug-likeness (QED) is 0.797. The third-order valence-corrected chi connectivity index (χ3v) is 4.58. The Hall–Kier alpha value is -2.60. The van der Waals surface area contributed by atoms with Crippen molar-refractivity contribution in [2.45, 2.75) is 6.54 Å². The van der Waals surface area contributed by atoms with Gasteiger partial charge in [0, 0.05) is 63.2 Å². The summed E-state index contributed by atoms with van der Waals surface area (Å²) < 4.78 is 1.96. The van der Waals surface area contributed by atoms with Crippen LogP contribution in [-0.2, 0) is 6.54 Å². The first-order chi connectivity index (χ1) is 11.8. The normalized spacial score (nSPS) is 15.8. The molecule has 0 spiro atoms. The molecule has 1 aliphatic rings. The fourth-order valence-corrected chi connectivity index (χ4v) is 3.05. The van der Waals surface area contributed by atoms with Crippen molar-refractivity contribution < 1.29 is 0 Å². The molecule has 0 amide bonds. The van der Waals surface area contributed by atoms with Crippen molar-refractivity contribution in [3.63, 3.8) is 0 Å². The first-order valence-corrected chi connectivity index (χ1v) is 8.33. The second-order valence-electron chi connectivity index (χ2n) is 6.24. The highest BCUT2D eigenvalue weighted by Crippen LogP contribution is 2.18. The molecule has 1 N–H and O–H groups in total. The highest BCUT2D eigenvalue weighted by Gasteiger charge is 2.13. The molecule has 0 radical (unpaired) electrons. The fraction of sp³-hybridized carbons (Fsp3) is 0.333. The van der Waals surface area contributed by atoms with Crippen LogP contribution in [-0.4, -0.2) is 52.5 Å². The molecule has 2 aromatic heterocycles. The van der Waals surface area contributed by atoms with Gasteiger partial charge in [0.2, 0.25) is 0 Å². The molecule has 1 aliphatic heterocycles. The van der Waals surface area contributed by atoms with Crippen LogP contribution in [0.25, 0.3) is 5.65 Å². The second-order valence-corrected chi connectivity index (χ2v) is 6.24. The predicted octanol–water partition coefficient (Wildman–Crippen LogP) is 2.09. The number of imidazole rings is 1. The van der Waals surface area contributed by atoms with E-state index in [4.69, 9.17) is 0 Å². The van der Waals surface area contributed by atoms with E-state index in [2.05, 4.69) is 56.4 Å². The Balaban J connectivity index is 1.41. The highest BCUT2D eigenvalue weighted by molar-refractivity contribution is 5.62. The molecule has 0 atom stereocenters. The third-order valence-electron chi connectivity index (χ3n) is 4.58. The maximum atomic E-state index is 4.38. The SMILES string of the molecule is CN1CCN(c2ccc(CNc3nccn4ccnc34)cc2)CC1. The van der Waals surface area contributed by atoms with Crippen molar-refractivity contribution >= 4 is 17.2 Å². The lowest BCUT2D eigenvalue weighted by atomic mass is 10.2. The number of hydrogen-bond donors (Lipinski definition) is 1. The zero-order valence-electron chi connectivity index (χ0n) is 13.9. The number of benzene rings is 1. The topological polar surface area (TPSA) is 48.7 Å². The molecular formula is C18H22N6. The van der Waals surface area contributed by atoms with Gasteiger partial charge in [-0.25, -0.2) is 9.97 Å². The summed E-state index contributed by atoms with van der Waals surface area (Å²) in [6.45, 7) is 5.19. The van der Waals surface area contributed by atoms with Crippen molar-refractivity contribution in [2.24, 2.45) is 0 Å². The van der Waals surface area contributed by atoms with Crippen LogP contribution in [0.5, 0.6) is 0 Å². The Morgan fingerprint density at radius 2 is 1.67 bits per heavy atom. The van der Waals surface area contributed by atoms with Gasteiger partial charge in [-0.15, -0.1) is 0 Å². The molecule has 3 heterocycles. The predicted molar refractivity (Wildman–Crippen MR) is 96.5 cm³/mol. The number of piperazine rings is 1. The van der Waals surface area contributed by atoms with E-state index in [1.54, 1.807) is 12.4 Å². The minimum absolute atomic E-state index is 0.739. The summed E-state index contributed by atoms with van der Waals surface area (Å²) in [5, 5.41) is 3.38. The summed E-state index contributed by atoms with van der Waals surface area (Å²) in [6, 6.07) is 8.80. The van der Waals surface area contributed by atoms with E-state index in [0.29, 0.717) is 0 Å². The number of rotatable bonds is 4. The average molecular weight is 322 g/mol. The molecule has 6 heteroatoms. The molecular weight excluding hydrogens is 300 g/mol. The van der Waals surface area contributed by atoms with E-state index in [9.17, 15) is 0 Å². The molecule has 1 fully saturated rings. The number of fused-ring (bicyclic) bond motifs is 1. The Morgan fingerprint density at radius 3 is 2.42 bits per heavy atom. The Labute approximate surface area is 141 Å². The van der Waals surface area contributed by atoms with Crippen LogP contribution >= 0.6 is 0 Å². The molecule has 24 heavy (non-hydrogen) atoms. The standard InChI is InChI=1S/C18H22N6/c1-22-10-12-23(13-11-22)16-4-2-15(3-5-16)14-21-17-18-20-7-9-24(18)8-6-19-17/h2-9H,10-14H2,1H3,(H,19,21). The van der Waals surface area contributed by atoms with Crippen LogP contribution in [0.1, 0.15) is 5.56 Å². The fourth-order valence-electron chi connectivity index (χ4n) is 3.05. The monoisotopic (exact) mass is 322 g/mol. The van der Waals surface area contributed by atoms with Gasteiger partial charge in [0.25, 0.3) is 0 Å². The summed E-state index contributed by atoms with van der Waals surface area (Å²) in [6.07, 6.45) is 7.39. The van der Waals surface area contributed by atoms with Gasteiger partial charge < -0.3 is 19.5 Å². The van der Waals surface area contributed by atoms with Crippen LogP contribution in [0.3, 0.4) is 0 Å². The van der Waals surface area contributed by atoms with Gasteiger partial charge in [-0.2, -0.15) is 0 Å². The highest BCUT2D eigenvalue weighted by atomic mass is 15.2. The van der Waals surface area contributed by atoms with Crippen LogP contribution in [0.4, 0.5) is 11.5 Å². The molecule has 1 saturated heterocycles. The Bertz CT molecular complexity index is 802.